The molecule has 21 heavy (non-hydrogen) atoms. The molecule has 2 rings (SSSR count). The number of pyridine rings is 1. The van der Waals surface area contributed by atoms with Crippen molar-refractivity contribution in [1.82, 2.24) is 4.57 Å². The van der Waals surface area contributed by atoms with Gasteiger partial charge in [0.05, 0.1) is 6.04 Å². The van der Waals surface area contributed by atoms with Gasteiger partial charge in [-0.2, -0.15) is 4.99 Å². The molecule has 0 fully saturated rings. The van der Waals surface area contributed by atoms with Gasteiger partial charge in [0.25, 0.3) is 5.91 Å². The second kappa shape index (κ2) is 7.76. The first kappa shape index (κ1) is 17.1. The van der Waals surface area contributed by atoms with Gasteiger partial charge in [0.2, 0.25) is 0 Å². The van der Waals surface area contributed by atoms with Gasteiger partial charge in [0.15, 0.2) is 0 Å². The number of nitrogens with two attached hydrogens (primary N) is 1. The fourth-order valence-electron chi connectivity index (χ4n) is 1.81. The van der Waals surface area contributed by atoms with Crippen LogP contribution in [0.2, 0.25) is 0 Å². The number of amides is 1. The third kappa shape index (κ3) is 4.85. The van der Waals surface area contributed by atoms with E-state index in [-0.39, 0.29) is 18.3 Å². The highest BCUT2D eigenvalue weighted by atomic mass is 35.5. The predicted molar refractivity (Wildman–Crippen MR) is 86.2 cm³/mol. The van der Waals surface area contributed by atoms with E-state index in [4.69, 9.17) is 5.73 Å². The molecule has 1 unspecified atom stereocenters. The predicted octanol–water partition coefficient (Wildman–Crippen LogP) is 2.04. The minimum atomic E-state index is -0.581. The van der Waals surface area contributed by atoms with Crippen molar-refractivity contribution in [3.05, 3.63) is 65.3 Å². The maximum absolute atomic E-state index is 11.7. The van der Waals surface area contributed by atoms with Crippen LogP contribution in [0.1, 0.15) is 18.1 Å². The highest BCUT2D eigenvalue weighted by Crippen LogP contribution is 2.04. The molecule has 0 bridgehead atoms. The minimum Gasteiger partial charge on any atom is -0.328 e. The number of rotatable bonds is 3. The summed E-state index contributed by atoms with van der Waals surface area (Å²) in [6.45, 7) is 4.37. The SMILES string of the molecule is Cc1ccc(Cn2ccccc2=NC(=O)C(C)N)cc1.Cl. The van der Waals surface area contributed by atoms with Gasteiger partial charge >= 0.3 is 0 Å². The number of halogens is 1. The summed E-state index contributed by atoms with van der Waals surface area (Å²) in [5.74, 6) is -0.311. The van der Waals surface area contributed by atoms with Crippen LogP contribution in [0, 0.1) is 6.92 Å². The Kier molecular flexibility index (Phi) is 6.34. The highest BCUT2D eigenvalue weighted by molar-refractivity contribution is 5.85. The molecule has 1 amide bonds. The zero-order chi connectivity index (χ0) is 14.5. The van der Waals surface area contributed by atoms with E-state index in [9.17, 15) is 4.79 Å². The molecular weight excluding hydrogens is 286 g/mol. The number of hydrogen-bond acceptors (Lipinski definition) is 2. The lowest BCUT2D eigenvalue weighted by Crippen LogP contribution is -2.29. The molecular formula is C16H20ClN3O. The van der Waals surface area contributed by atoms with Crippen LogP contribution in [0.5, 0.6) is 0 Å². The van der Waals surface area contributed by atoms with Gasteiger partial charge < -0.3 is 10.3 Å². The molecule has 0 spiro atoms. The lowest BCUT2D eigenvalue weighted by Gasteiger charge is -2.08. The first-order chi connectivity index (χ1) is 9.56. The summed E-state index contributed by atoms with van der Waals surface area (Å²) >= 11 is 0. The molecule has 0 aliphatic rings. The quantitative estimate of drug-likeness (QED) is 0.943. The Labute approximate surface area is 130 Å². The van der Waals surface area contributed by atoms with Crippen LogP contribution < -0.4 is 11.2 Å². The zero-order valence-electron chi connectivity index (χ0n) is 12.2. The Morgan fingerprint density at radius 3 is 2.52 bits per heavy atom. The van der Waals surface area contributed by atoms with E-state index >= 15 is 0 Å². The standard InChI is InChI=1S/C16H19N3O.ClH/c1-12-6-8-14(9-7-12)11-19-10-4-3-5-15(19)18-16(20)13(2)17;/h3-10,13H,11,17H2,1-2H3;1H. The van der Waals surface area contributed by atoms with Crippen LogP contribution in [0.25, 0.3) is 0 Å². The molecule has 0 aliphatic carbocycles. The Morgan fingerprint density at radius 2 is 1.90 bits per heavy atom. The number of hydrogen-bond donors (Lipinski definition) is 1. The third-order valence-corrected chi connectivity index (χ3v) is 3.00. The van der Waals surface area contributed by atoms with Crippen LogP contribution in [0.3, 0.4) is 0 Å². The summed E-state index contributed by atoms with van der Waals surface area (Å²) in [4.78, 5) is 15.7. The number of aryl methyl sites for hydroxylation is 1. The van der Waals surface area contributed by atoms with Gasteiger partial charge in [0, 0.05) is 12.7 Å². The smallest absolute Gasteiger partial charge is 0.264 e. The lowest BCUT2D eigenvalue weighted by molar-refractivity contribution is -0.118. The number of carbonyl (C=O) groups excluding carboxylic acids is 1. The van der Waals surface area contributed by atoms with Crippen molar-refractivity contribution >= 4 is 18.3 Å². The largest absolute Gasteiger partial charge is 0.328 e. The Balaban J connectivity index is 0.00000220. The van der Waals surface area contributed by atoms with Gasteiger partial charge in [-0.15, -0.1) is 12.4 Å². The molecule has 1 heterocycles. The lowest BCUT2D eigenvalue weighted by atomic mass is 10.1. The molecule has 0 radical (unpaired) electrons. The van der Waals surface area contributed by atoms with Crippen molar-refractivity contribution < 1.29 is 4.79 Å². The number of aromatic nitrogens is 1. The third-order valence-electron chi connectivity index (χ3n) is 3.00. The zero-order valence-corrected chi connectivity index (χ0v) is 13.0. The van der Waals surface area contributed by atoms with Crippen molar-refractivity contribution in [3.63, 3.8) is 0 Å². The molecule has 0 saturated carbocycles. The molecule has 2 N–H and O–H groups in total. The second-order valence-electron chi connectivity index (χ2n) is 4.91. The van der Waals surface area contributed by atoms with E-state index in [0.29, 0.717) is 12.0 Å². The van der Waals surface area contributed by atoms with Gasteiger partial charge in [-0.25, -0.2) is 0 Å². The fraction of sp³-hybridized carbons (Fsp3) is 0.250. The van der Waals surface area contributed by atoms with Gasteiger partial charge in [0.1, 0.15) is 5.49 Å². The topological polar surface area (TPSA) is 60.4 Å². The first-order valence-corrected chi connectivity index (χ1v) is 6.61. The van der Waals surface area contributed by atoms with Crippen molar-refractivity contribution in [1.29, 1.82) is 0 Å². The second-order valence-corrected chi connectivity index (χ2v) is 4.91. The summed E-state index contributed by atoms with van der Waals surface area (Å²) < 4.78 is 1.94. The normalized spacial score (nSPS) is 12.6. The molecule has 5 heteroatoms. The fourth-order valence-corrected chi connectivity index (χ4v) is 1.81. The van der Waals surface area contributed by atoms with Crippen LogP contribution in [-0.2, 0) is 11.3 Å². The Bertz CT molecular complexity index is 660. The summed E-state index contributed by atoms with van der Waals surface area (Å²) in [5, 5.41) is 0. The Morgan fingerprint density at radius 1 is 1.24 bits per heavy atom. The average Bonchev–Trinajstić information content (AvgIpc) is 2.43. The van der Waals surface area contributed by atoms with Gasteiger partial charge in [-0.1, -0.05) is 35.9 Å². The minimum absolute atomic E-state index is 0. The molecule has 1 aromatic carbocycles. The summed E-state index contributed by atoms with van der Waals surface area (Å²) in [5.41, 5.74) is 8.56. The summed E-state index contributed by atoms with van der Waals surface area (Å²) in [7, 11) is 0. The highest BCUT2D eigenvalue weighted by Gasteiger charge is 2.05. The number of carbonyl (C=O) groups is 1. The number of benzene rings is 1. The van der Waals surface area contributed by atoms with E-state index in [0.717, 1.165) is 5.56 Å². The van der Waals surface area contributed by atoms with Crippen LogP contribution in [0.4, 0.5) is 0 Å². The van der Waals surface area contributed by atoms with E-state index < -0.39 is 6.04 Å². The van der Waals surface area contributed by atoms with Gasteiger partial charge in [-0.3, -0.25) is 4.79 Å². The molecule has 2 aromatic rings. The van der Waals surface area contributed by atoms with Crippen LogP contribution in [-0.4, -0.2) is 16.5 Å². The maximum Gasteiger partial charge on any atom is 0.264 e. The van der Waals surface area contributed by atoms with E-state index in [1.165, 1.54) is 5.56 Å². The van der Waals surface area contributed by atoms with Crippen molar-refractivity contribution in [3.8, 4) is 0 Å². The molecule has 0 saturated heterocycles. The molecule has 0 aliphatic heterocycles. The van der Waals surface area contributed by atoms with Crippen LogP contribution in [0.15, 0.2) is 53.7 Å². The molecule has 112 valence electrons. The van der Waals surface area contributed by atoms with Crippen molar-refractivity contribution in [2.45, 2.75) is 26.4 Å². The van der Waals surface area contributed by atoms with Gasteiger partial charge in [-0.05, 0) is 31.5 Å². The van der Waals surface area contributed by atoms with Crippen molar-refractivity contribution in [2.75, 3.05) is 0 Å². The molecule has 1 aromatic heterocycles. The monoisotopic (exact) mass is 305 g/mol. The van der Waals surface area contributed by atoms with Crippen LogP contribution >= 0.6 is 12.4 Å². The maximum atomic E-state index is 11.7. The molecule has 4 nitrogen and oxygen atoms in total. The Hall–Kier alpha value is -1.91. The van der Waals surface area contributed by atoms with Crippen molar-refractivity contribution in [2.24, 2.45) is 10.7 Å². The summed E-state index contributed by atoms with van der Waals surface area (Å²) in [6, 6.07) is 13.3. The number of nitrogens with zero attached hydrogens (tertiary/aromatic N) is 2. The van der Waals surface area contributed by atoms with E-state index in [1.807, 2.05) is 29.0 Å². The van der Waals surface area contributed by atoms with E-state index in [1.54, 1.807) is 6.92 Å². The average molecular weight is 306 g/mol. The molecule has 1 atom stereocenters. The first-order valence-electron chi connectivity index (χ1n) is 6.61. The van der Waals surface area contributed by atoms with E-state index in [2.05, 4.69) is 36.2 Å². The summed E-state index contributed by atoms with van der Waals surface area (Å²) in [6.07, 6.45) is 1.91.